The molecule has 0 aromatic rings. The second-order valence-electron chi connectivity index (χ2n) is 4.04. The summed E-state index contributed by atoms with van der Waals surface area (Å²) in [5.74, 6) is 0. The number of nitrogens with zero attached hydrogens (tertiary/aromatic N) is 1. The average molecular weight is 258 g/mol. The zero-order chi connectivity index (χ0) is 12.6. The molecule has 0 radical (unpaired) electrons. The van der Waals surface area contributed by atoms with E-state index in [-0.39, 0.29) is 17.2 Å². The first-order valence-electron chi connectivity index (χ1n) is 5.43. The van der Waals surface area contributed by atoms with Gasteiger partial charge in [-0.15, -0.1) is 12.6 Å². The molecule has 2 fully saturated rings. The predicted octanol–water partition coefficient (Wildman–Crippen LogP) is -0.398. The van der Waals surface area contributed by atoms with Crippen LogP contribution in [0.4, 0.5) is 9.59 Å². The number of urea groups is 2. The monoisotopic (exact) mass is 258 g/mol. The molecule has 8 heteroatoms. The summed E-state index contributed by atoms with van der Waals surface area (Å²) in [4.78, 5) is 35.7. The number of carbonyl (C=O) groups is 3. The molecule has 0 aromatic heterocycles. The van der Waals surface area contributed by atoms with Gasteiger partial charge in [0.1, 0.15) is 18.4 Å². The summed E-state index contributed by atoms with van der Waals surface area (Å²) in [7, 11) is 0. The zero-order valence-electron chi connectivity index (χ0n) is 9.27. The van der Waals surface area contributed by atoms with Gasteiger partial charge < -0.3 is 16.0 Å². The first-order valence-corrected chi connectivity index (χ1v) is 5.88. The van der Waals surface area contributed by atoms with E-state index in [0.29, 0.717) is 6.42 Å². The Bertz CT molecular complexity index is 375. The molecule has 2 heterocycles. The lowest BCUT2D eigenvalue weighted by atomic mass is 10.1. The maximum Gasteiger partial charge on any atom is 0.321 e. The molecule has 3 N–H and O–H groups in total. The second kappa shape index (κ2) is 4.44. The first-order chi connectivity index (χ1) is 8.04. The van der Waals surface area contributed by atoms with Gasteiger partial charge in [0.05, 0.1) is 0 Å². The van der Waals surface area contributed by atoms with Crippen LogP contribution < -0.4 is 16.0 Å². The summed E-state index contributed by atoms with van der Waals surface area (Å²) in [6, 6.07) is -1.33. The van der Waals surface area contributed by atoms with Crippen LogP contribution in [0.25, 0.3) is 0 Å². The van der Waals surface area contributed by atoms with Crippen LogP contribution in [-0.2, 0) is 4.79 Å². The van der Waals surface area contributed by atoms with Crippen molar-refractivity contribution in [3.63, 3.8) is 0 Å². The number of thiol groups is 1. The summed E-state index contributed by atoms with van der Waals surface area (Å²) in [6.07, 6.45) is 0.263. The van der Waals surface area contributed by atoms with E-state index in [9.17, 15) is 14.4 Å². The van der Waals surface area contributed by atoms with Crippen LogP contribution in [0.1, 0.15) is 19.8 Å². The van der Waals surface area contributed by atoms with E-state index < -0.39 is 18.4 Å². The summed E-state index contributed by atoms with van der Waals surface area (Å²) < 4.78 is 0. The van der Waals surface area contributed by atoms with Crippen molar-refractivity contribution in [1.29, 1.82) is 0 Å². The highest BCUT2D eigenvalue weighted by atomic mass is 32.1. The lowest BCUT2D eigenvalue weighted by Crippen LogP contribution is -2.51. The van der Waals surface area contributed by atoms with Gasteiger partial charge >= 0.3 is 12.1 Å². The fourth-order valence-electron chi connectivity index (χ4n) is 2.15. The van der Waals surface area contributed by atoms with Crippen LogP contribution >= 0.6 is 12.6 Å². The van der Waals surface area contributed by atoms with E-state index in [4.69, 9.17) is 0 Å². The van der Waals surface area contributed by atoms with E-state index >= 15 is 0 Å². The van der Waals surface area contributed by atoms with Gasteiger partial charge in [0, 0.05) is 0 Å². The molecule has 3 unspecified atom stereocenters. The van der Waals surface area contributed by atoms with Gasteiger partial charge in [0.2, 0.25) is 5.12 Å². The van der Waals surface area contributed by atoms with Gasteiger partial charge in [-0.1, -0.05) is 13.3 Å². The van der Waals surface area contributed by atoms with Crippen molar-refractivity contribution in [3.8, 4) is 0 Å². The fourth-order valence-corrected chi connectivity index (χ4v) is 2.40. The van der Waals surface area contributed by atoms with Crippen LogP contribution in [-0.4, -0.2) is 40.5 Å². The van der Waals surface area contributed by atoms with Crippen molar-refractivity contribution in [1.82, 2.24) is 20.9 Å². The Hall–Kier alpha value is -1.44. The average Bonchev–Trinajstić information content (AvgIpc) is 2.70. The first kappa shape index (κ1) is 12.0. The Labute approximate surface area is 104 Å². The number of rotatable bonds is 4. The summed E-state index contributed by atoms with van der Waals surface area (Å²) in [6.45, 7) is 1.92. The Kier molecular flexibility index (Phi) is 3.14. The zero-order valence-corrected chi connectivity index (χ0v) is 10.2. The molecule has 7 nitrogen and oxygen atoms in total. The number of amides is 4. The van der Waals surface area contributed by atoms with Crippen molar-refractivity contribution < 1.29 is 14.4 Å². The third-order valence-electron chi connectivity index (χ3n) is 2.88. The quantitative estimate of drug-likeness (QED) is 0.517. The van der Waals surface area contributed by atoms with E-state index in [0.717, 1.165) is 6.42 Å². The lowest BCUT2D eigenvalue weighted by molar-refractivity contribution is -0.115. The molecule has 0 bridgehead atoms. The van der Waals surface area contributed by atoms with E-state index in [1.165, 1.54) is 4.90 Å². The number of carbonyl (C=O) groups excluding carboxylic acids is 3. The molecule has 17 heavy (non-hydrogen) atoms. The molecule has 0 spiro atoms. The normalized spacial score (nSPS) is 28.2. The minimum atomic E-state index is -0.612. The summed E-state index contributed by atoms with van der Waals surface area (Å²) >= 11 is 3.80. The van der Waals surface area contributed by atoms with Crippen molar-refractivity contribution in [2.45, 2.75) is 38.1 Å². The molecule has 4 amide bonds. The van der Waals surface area contributed by atoms with Crippen molar-refractivity contribution >= 4 is 29.8 Å². The molecule has 2 rings (SSSR count). The molecule has 2 aliphatic rings. The Morgan fingerprint density at radius 2 is 2.12 bits per heavy atom. The molecule has 2 saturated heterocycles. The number of fused-ring (bicyclic) bond motifs is 1. The van der Waals surface area contributed by atoms with E-state index in [1.54, 1.807) is 0 Å². The van der Waals surface area contributed by atoms with E-state index in [1.807, 2.05) is 6.92 Å². The number of hydrogen-bond donors (Lipinski definition) is 4. The van der Waals surface area contributed by atoms with Gasteiger partial charge in [0.15, 0.2) is 0 Å². The van der Waals surface area contributed by atoms with Gasteiger partial charge in [-0.2, -0.15) is 0 Å². The van der Waals surface area contributed by atoms with Crippen molar-refractivity contribution in [3.05, 3.63) is 0 Å². The van der Waals surface area contributed by atoms with Gasteiger partial charge in [-0.25, -0.2) is 9.59 Å². The Morgan fingerprint density at radius 1 is 1.41 bits per heavy atom. The predicted molar refractivity (Wildman–Crippen MR) is 62.3 cm³/mol. The van der Waals surface area contributed by atoms with Crippen LogP contribution in [0.15, 0.2) is 0 Å². The maximum atomic E-state index is 11.8. The minimum Gasteiger partial charge on any atom is -0.314 e. The van der Waals surface area contributed by atoms with Crippen molar-refractivity contribution in [2.24, 2.45) is 0 Å². The highest BCUT2D eigenvalue weighted by Crippen LogP contribution is 2.21. The van der Waals surface area contributed by atoms with E-state index in [2.05, 4.69) is 28.6 Å². The minimum absolute atomic E-state index is 0.355. The third-order valence-corrected chi connectivity index (χ3v) is 3.18. The molecule has 0 aromatic carbocycles. The van der Waals surface area contributed by atoms with Crippen LogP contribution in [0.2, 0.25) is 0 Å². The van der Waals surface area contributed by atoms with Crippen molar-refractivity contribution in [2.75, 3.05) is 0 Å². The molecular weight excluding hydrogens is 244 g/mol. The molecule has 3 atom stereocenters. The summed E-state index contributed by atoms with van der Waals surface area (Å²) in [5, 5.41) is 7.37. The number of nitrogens with one attached hydrogen (secondary N) is 3. The third kappa shape index (κ3) is 2.04. The van der Waals surface area contributed by atoms with Gasteiger partial charge in [-0.3, -0.25) is 9.69 Å². The van der Waals surface area contributed by atoms with Gasteiger partial charge in [0.25, 0.3) is 0 Å². The largest absolute Gasteiger partial charge is 0.321 e. The Balaban J connectivity index is 2.20. The smallest absolute Gasteiger partial charge is 0.314 e. The highest BCUT2D eigenvalue weighted by Gasteiger charge is 2.49. The standard InChI is InChI=1S/C9H14N4O3S/c1-2-3-4(7(14)17)13-6-5(11-9(13)16)10-8(15)12-6/h4-6H,2-3H2,1H3,(H,11,16)(H,14,17)(H2,10,12,15). The van der Waals surface area contributed by atoms with Crippen LogP contribution in [0.3, 0.4) is 0 Å². The lowest BCUT2D eigenvalue weighted by Gasteiger charge is -2.28. The van der Waals surface area contributed by atoms with Crippen LogP contribution in [0, 0.1) is 0 Å². The molecule has 94 valence electrons. The van der Waals surface area contributed by atoms with Gasteiger partial charge in [-0.05, 0) is 6.42 Å². The maximum absolute atomic E-state index is 11.8. The SMILES string of the molecule is CCCC(C(=O)S)N1C(=O)NC2NC(=O)NC21. The van der Waals surface area contributed by atoms with Crippen LogP contribution in [0.5, 0.6) is 0 Å². The molecular formula is C9H14N4O3S. The summed E-state index contributed by atoms with van der Waals surface area (Å²) in [5.41, 5.74) is 0. The topological polar surface area (TPSA) is 90.5 Å². The number of hydrogen-bond acceptors (Lipinski definition) is 3. The fraction of sp³-hybridized carbons (Fsp3) is 0.667. The molecule has 2 aliphatic heterocycles. The second-order valence-corrected chi connectivity index (χ2v) is 4.48. The highest BCUT2D eigenvalue weighted by molar-refractivity contribution is 7.96. The Morgan fingerprint density at radius 3 is 2.71 bits per heavy atom. The molecule has 0 saturated carbocycles. The molecule has 0 aliphatic carbocycles.